The molecule has 0 saturated heterocycles. The molecule has 0 radical (unpaired) electrons. The minimum atomic E-state index is -0.318. The molecular formula is C17H18N2. The van der Waals surface area contributed by atoms with Gasteiger partial charge >= 0.3 is 0 Å². The summed E-state index contributed by atoms with van der Waals surface area (Å²) < 4.78 is 0. The fraction of sp³-hybridized carbons (Fsp3) is 0.235. The molecule has 0 bridgehead atoms. The van der Waals surface area contributed by atoms with Gasteiger partial charge in [-0.2, -0.15) is 5.26 Å². The first-order valence-corrected chi connectivity index (χ1v) is 6.41. The summed E-state index contributed by atoms with van der Waals surface area (Å²) in [7, 11) is 0. The van der Waals surface area contributed by atoms with E-state index < -0.39 is 0 Å². The van der Waals surface area contributed by atoms with Crippen molar-refractivity contribution in [2.45, 2.75) is 26.8 Å². The van der Waals surface area contributed by atoms with Gasteiger partial charge in [-0.25, -0.2) is 0 Å². The fourth-order valence-corrected chi connectivity index (χ4v) is 2.39. The molecule has 19 heavy (non-hydrogen) atoms. The third-order valence-corrected chi connectivity index (χ3v) is 3.23. The van der Waals surface area contributed by atoms with E-state index in [4.69, 9.17) is 0 Å². The first-order chi connectivity index (χ1) is 9.11. The minimum Gasteiger partial charge on any atom is -0.366 e. The summed E-state index contributed by atoms with van der Waals surface area (Å²) in [5, 5.41) is 12.7. The van der Waals surface area contributed by atoms with Crippen LogP contribution in [0.1, 0.15) is 28.3 Å². The molecule has 0 aliphatic rings. The Morgan fingerprint density at radius 3 is 2.11 bits per heavy atom. The summed E-state index contributed by atoms with van der Waals surface area (Å²) in [5.74, 6) is 0. The zero-order valence-corrected chi connectivity index (χ0v) is 11.6. The predicted molar refractivity (Wildman–Crippen MR) is 79.1 cm³/mol. The Morgan fingerprint density at radius 2 is 1.58 bits per heavy atom. The van der Waals surface area contributed by atoms with Crippen LogP contribution in [0.3, 0.4) is 0 Å². The molecule has 0 saturated carbocycles. The van der Waals surface area contributed by atoms with Crippen molar-refractivity contribution in [3.05, 3.63) is 64.7 Å². The summed E-state index contributed by atoms with van der Waals surface area (Å²) in [6.45, 7) is 6.23. The normalized spacial score (nSPS) is 11.7. The van der Waals surface area contributed by atoms with Gasteiger partial charge in [0.1, 0.15) is 6.04 Å². The first-order valence-electron chi connectivity index (χ1n) is 6.41. The maximum Gasteiger partial charge on any atom is 0.140 e. The van der Waals surface area contributed by atoms with E-state index in [0.29, 0.717) is 0 Å². The predicted octanol–water partition coefficient (Wildman–Crippen LogP) is 4.29. The van der Waals surface area contributed by atoms with Crippen molar-refractivity contribution in [2.24, 2.45) is 0 Å². The highest BCUT2D eigenvalue weighted by molar-refractivity contribution is 5.60. The molecule has 0 aliphatic heterocycles. The van der Waals surface area contributed by atoms with Crippen LogP contribution in [0.5, 0.6) is 0 Å². The van der Waals surface area contributed by atoms with Gasteiger partial charge in [-0.15, -0.1) is 0 Å². The molecule has 1 N–H and O–H groups in total. The molecule has 2 heteroatoms. The maximum absolute atomic E-state index is 9.36. The summed E-state index contributed by atoms with van der Waals surface area (Å²) in [4.78, 5) is 0. The Labute approximate surface area is 114 Å². The average molecular weight is 250 g/mol. The van der Waals surface area contributed by atoms with Crippen LogP contribution in [-0.2, 0) is 0 Å². The molecule has 1 atom stereocenters. The quantitative estimate of drug-likeness (QED) is 0.882. The standard InChI is InChI=1S/C17H18N2/c1-12-9-13(2)17(14(3)10-12)19-16(11-18)15-7-5-4-6-8-15/h4-10,16,19H,1-3H3. The van der Waals surface area contributed by atoms with E-state index in [9.17, 15) is 5.26 Å². The zero-order chi connectivity index (χ0) is 13.8. The Morgan fingerprint density at radius 1 is 1.00 bits per heavy atom. The molecule has 1 unspecified atom stereocenters. The van der Waals surface area contributed by atoms with Gasteiger partial charge in [0, 0.05) is 5.69 Å². The highest BCUT2D eigenvalue weighted by atomic mass is 14.9. The lowest BCUT2D eigenvalue weighted by Gasteiger charge is -2.18. The van der Waals surface area contributed by atoms with Crippen molar-refractivity contribution in [3.8, 4) is 6.07 Å². The van der Waals surface area contributed by atoms with Gasteiger partial charge in [0.15, 0.2) is 0 Å². The second-order valence-electron chi connectivity index (χ2n) is 4.89. The van der Waals surface area contributed by atoms with Gasteiger partial charge in [0.05, 0.1) is 6.07 Å². The third-order valence-electron chi connectivity index (χ3n) is 3.23. The van der Waals surface area contributed by atoms with E-state index in [-0.39, 0.29) is 6.04 Å². The molecule has 0 amide bonds. The number of hydrogen-bond acceptors (Lipinski definition) is 2. The Kier molecular flexibility index (Phi) is 3.87. The largest absolute Gasteiger partial charge is 0.366 e. The number of hydrogen-bond donors (Lipinski definition) is 1. The van der Waals surface area contributed by atoms with Crippen LogP contribution in [0.2, 0.25) is 0 Å². The number of nitriles is 1. The maximum atomic E-state index is 9.36. The number of anilines is 1. The summed E-state index contributed by atoms with van der Waals surface area (Å²) >= 11 is 0. The number of benzene rings is 2. The molecule has 0 fully saturated rings. The molecule has 0 heterocycles. The van der Waals surface area contributed by atoms with Crippen molar-refractivity contribution in [1.82, 2.24) is 0 Å². The highest BCUT2D eigenvalue weighted by Crippen LogP contribution is 2.26. The summed E-state index contributed by atoms with van der Waals surface area (Å²) in [6.07, 6.45) is 0. The molecule has 2 nitrogen and oxygen atoms in total. The summed E-state index contributed by atoms with van der Waals surface area (Å²) in [6, 6.07) is 16.1. The van der Waals surface area contributed by atoms with Gasteiger partial charge in [0.25, 0.3) is 0 Å². The van der Waals surface area contributed by atoms with E-state index in [2.05, 4.69) is 44.3 Å². The Bertz CT molecular complexity index is 586. The lowest BCUT2D eigenvalue weighted by Crippen LogP contribution is -2.10. The molecule has 0 spiro atoms. The Hall–Kier alpha value is -2.27. The molecule has 0 aromatic heterocycles. The number of aryl methyl sites for hydroxylation is 3. The number of nitrogens with zero attached hydrogens (tertiary/aromatic N) is 1. The molecule has 2 aromatic rings. The van der Waals surface area contributed by atoms with Crippen LogP contribution in [0, 0.1) is 32.1 Å². The topological polar surface area (TPSA) is 35.8 Å². The Balaban J connectivity index is 2.33. The molecular weight excluding hydrogens is 232 g/mol. The van der Waals surface area contributed by atoms with E-state index in [0.717, 1.165) is 11.3 Å². The lowest BCUT2D eigenvalue weighted by atomic mass is 10.0. The van der Waals surface area contributed by atoms with Crippen molar-refractivity contribution in [3.63, 3.8) is 0 Å². The van der Waals surface area contributed by atoms with Gasteiger partial charge in [-0.3, -0.25) is 0 Å². The van der Waals surface area contributed by atoms with Crippen LogP contribution >= 0.6 is 0 Å². The second kappa shape index (κ2) is 5.58. The van der Waals surface area contributed by atoms with Crippen LogP contribution in [0.25, 0.3) is 0 Å². The summed E-state index contributed by atoms with van der Waals surface area (Å²) in [5.41, 5.74) is 5.64. The van der Waals surface area contributed by atoms with Crippen molar-refractivity contribution in [2.75, 3.05) is 5.32 Å². The van der Waals surface area contributed by atoms with Gasteiger partial charge in [0.2, 0.25) is 0 Å². The van der Waals surface area contributed by atoms with Gasteiger partial charge in [-0.1, -0.05) is 48.0 Å². The van der Waals surface area contributed by atoms with Crippen molar-refractivity contribution >= 4 is 5.69 Å². The van der Waals surface area contributed by atoms with Crippen LogP contribution in [-0.4, -0.2) is 0 Å². The third kappa shape index (κ3) is 2.95. The van der Waals surface area contributed by atoms with E-state index in [1.807, 2.05) is 30.3 Å². The highest BCUT2D eigenvalue weighted by Gasteiger charge is 2.12. The van der Waals surface area contributed by atoms with Crippen molar-refractivity contribution < 1.29 is 0 Å². The fourth-order valence-electron chi connectivity index (χ4n) is 2.39. The zero-order valence-electron chi connectivity index (χ0n) is 11.6. The lowest BCUT2D eigenvalue weighted by molar-refractivity contribution is 0.989. The first kappa shape index (κ1) is 13.2. The van der Waals surface area contributed by atoms with Gasteiger partial charge in [-0.05, 0) is 37.5 Å². The number of rotatable bonds is 3. The molecule has 2 aromatic carbocycles. The van der Waals surface area contributed by atoms with Gasteiger partial charge < -0.3 is 5.32 Å². The SMILES string of the molecule is Cc1cc(C)c(NC(C#N)c2ccccc2)c(C)c1. The monoisotopic (exact) mass is 250 g/mol. The van der Waals surface area contributed by atoms with Crippen molar-refractivity contribution in [1.29, 1.82) is 5.26 Å². The molecule has 2 rings (SSSR count). The smallest absolute Gasteiger partial charge is 0.140 e. The van der Waals surface area contributed by atoms with E-state index in [1.54, 1.807) is 0 Å². The van der Waals surface area contributed by atoms with Crippen LogP contribution < -0.4 is 5.32 Å². The molecule has 96 valence electrons. The molecule has 0 aliphatic carbocycles. The van der Waals surface area contributed by atoms with E-state index >= 15 is 0 Å². The minimum absolute atomic E-state index is 0.318. The van der Waals surface area contributed by atoms with E-state index in [1.165, 1.54) is 16.7 Å². The number of nitrogens with one attached hydrogen (secondary N) is 1. The average Bonchev–Trinajstić information content (AvgIpc) is 2.39. The van der Waals surface area contributed by atoms with Crippen LogP contribution in [0.15, 0.2) is 42.5 Å². The van der Waals surface area contributed by atoms with Crippen LogP contribution in [0.4, 0.5) is 5.69 Å². The second-order valence-corrected chi connectivity index (χ2v) is 4.89.